The molecular formula is C15H17N5O. The van der Waals surface area contributed by atoms with Crippen molar-refractivity contribution in [2.75, 3.05) is 36.8 Å². The van der Waals surface area contributed by atoms with Crippen LogP contribution in [-0.2, 0) is 0 Å². The van der Waals surface area contributed by atoms with Crippen molar-refractivity contribution < 1.29 is 5.11 Å². The van der Waals surface area contributed by atoms with Crippen LogP contribution in [0.25, 0.3) is 11.3 Å². The van der Waals surface area contributed by atoms with Crippen molar-refractivity contribution in [3.05, 3.63) is 30.3 Å². The van der Waals surface area contributed by atoms with E-state index >= 15 is 0 Å². The molecule has 2 aliphatic rings. The monoisotopic (exact) mass is 283 g/mol. The summed E-state index contributed by atoms with van der Waals surface area (Å²) in [5, 5.41) is 21.4. The highest BCUT2D eigenvalue weighted by molar-refractivity contribution is 5.74. The minimum Gasteiger partial charge on any atom is -0.507 e. The average Bonchev–Trinajstić information content (AvgIpc) is 2.38. The van der Waals surface area contributed by atoms with Gasteiger partial charge in [-0.1, -0.05) is 12.1 Å². The van der Waals surface area contributed by atoms with Crippen LogP contribution in [0, 0.1) is 5.41 Å². The standard InChI is InChI=1S/C15H17N5O/c16-14-12(20-8-15(9-20)6-17-7-15)5-11(18-19-14)10-3-1-2-4-13(10)21/h1-5,17,21H,6-9H2,(H2,16,19). The molecular weight excluding hydrogens is 266 g/mol. The largest absolute Gasteiger partial charge is 0.507 e. The lowest BCUT2D eigenvalue weighted by Crippen LogP contribution is -2.71. The topological polar surface area (TPSA) is 87.3 Å². The van der Waals surface area contributed by atoms with Crippen molar-refractivity contribution >= 4 is 11.5 Å². The van der Waals surface area contributed by atoms with E-state index in [1.807, 2.05) is 18.2 Å². The van der Waals surface area contributed by atoms with Crippen molar-refractivity contribution in [1.82, 2.24) is 15.5 Å². The van der Waals surface area contributed by atoms with Gasteiger partial charge in [-0.25, -0.2) is 0 Å². The fourth-order valence-corrected chi connectivity index (χ4v) is 3.10. The van der Waals surface area contributed by atoms with Gasteiger partial charge < -0.3 is 21.1 Å². The Morgan fingerprint density at radius 1 is 1.19 bits per heavy atom. The van der Waals surface area contributed by atoms with Gasteiger partial charge in [-0.15, -0.1) is 10.2 Å². The number of nitrogens with one attached hydrogen (secondary N) is 1. The molecule has 4 N–H and O–H groups in total. The van der Waals surface area contributed by atoms with Gasteiger partial charge in [0.05, 0.1) is 11.4 Å². The van der Waals surface area contributed by atoms with Gasteiger partial charge in [0, 0.05) is 37.2 Å². The molecule has 21 heavy (non-hydrogen) atoms. The fourth-order valence-electron chi connectivity index (χ4n) is 3.10. The summed E-state index contributed by atoms with van der Waals surface area (Å²) in [7, 11) is 0. The molecule has 2 fully saturated rings. The summed E-state index contributed by atoms with van der Waals surface area (Å²) in [6, 6.07) is 9.04. The van der Waals surface area contributed by atoms with Gasteiger partial charge in [-0.05, 0) is 18.2 Å². The fraction of sp³-hybridized carbons (Fsp3) is 0.333. The van der Waals surface area contributed by atoms with Crippen LogP contribution in [0.4, 0.5) is 11.5 Å². The first-order valence-electron chi connectivity index (χ1n) is 7.04. The predicted molar refractivity (Wildman–Crippen MR) is 81.1 cm³/mol. The van der Waals surface area contributed by atoms with E-state index in [1.165, 1.54) is 0 Å². The third kappa shape index (κ3) is 1.91. The number of phenols is 1. The zero-order valence-electron chi connectivity index (χ0n) is 11.6. The third-order valence-electron chi connectivity index (χ3n) is 4.37. The quantitative estimate of drug-likeness (QED) is 0.757. The maximum absolute atomic E-state index is 9.94. The number of anilines is 2. The molecule has 2 aliphatic heterocycles. The van der Waals surface area contributed by atoms with Crippen LogP contribution >= 0.6 is 0 Å². The number of nitrogen functional groups attached to an aromatic ring is 1. The average molecular weight is 283 g/mol. The summed E-state index contributed by atoms with van der Waals surface area (Å²) >= 11 is 0. The van der Waals surface area contributed by atoms with Gasteiger partial charge in [0.1, 0.15) is 5.75 Å². The van der Waals surface area contributed by atoms with Crippen LogP contribution in [0.5, 0.6) is 5.75 Å². The van der Waals surface area contributed by atoms with E-state index in [0.717, 1.165) is 31.9 Å². The van der Waals surface area contributed by atoms with E-state index in [4.69, 9.17) is 5.73 Å². The number of phenolic OH excluding ortho intramolecular Hbond substituents is 1. The second-order valence-corrected chi connectivity index (χ2v) is 5.98. The third-order valence-corrected chi connectivity index (χ3v) is 4.37. The van der Waals surface area contributed by atoms with Crippen LogP contribution in [-0.4, -0.2) is 41.5 Å². The van der Waals surface area contributed by atoms with E-state index in [9.17, 15) is 5.11 Å². The number of hydrogen-bond acceptors (Lipinski definition) is 6. The molecule has 2 saturated heterocycles. The maximum atomic E-state index is 9.94. The highest BCUT2D eigenvalue weighted by Crippen LogP contribution is 2.40. The second kappa shape index (κ2) is 4.33. The Bertz CT molecular complexity index is 690. The van der Waals surface area contributed by atoms with Crippen molar-refractivity contribution in [2.24, 2.45) is 5.41 Å². The van der Waals surface area contributed by atoms with Crippen LogP contribution in [0.15, 0.2) is 30.3 Å². The molecule has 3 heterocycles. The number of aromatic nitrogens is 2. The normalized spacial score (nSPS) is 19.1. The molecule has 0 radical (unpaired) electrons. The van der Waals surface area contributed by atoms with E-state index < -0.39 is 0 Å². The lowest BCUT2D eigenvalue weighted by Gasteiger charge is -2.57. The van der Waals surface area contributed by atoms with Crippen LogP contribution in [0.2, 0.25) is 0 Å². The van der Waals surface area contributed by atoms with E-state index in [2.05, 4.69) is 20.4 Å². The van der Waals surface area contributed by atoms with Gasteiger partial charge in [0.2, 0.25) is 0 Å². The number of aromatic hydroxyl groups is 1. The van der Waals surface area contributed by atoms with Crippen LogP contribution in [0.3, 0.4) is 0 Å². The van der Waals surface area contributed by atoms with E-state index in [0.29, 0.717) is 22.5 Å². The maximum Gasteiger partial charge on any atom is 0.169 e. The molecule has 108 valence electrons. The molecule has 0 atom stereocenters. The second-order valence-electron chi connectivity index (χ2n) is 5.98. The van der Waals surface area contributed by atoms with Gasteiger partial charge in [0.25, 0.3) is 0 Å². The van der Waals surface area contributed by atoms with Crippen molar-refractivity contribution in [2.45, 2.75) is 0 Å². The Morgan fingerprint density at radius 2 is 1.95 bits per heavy atom. The summed E-state index contributed by atoms with van der Waals surface area (Å²) in [6.07, 6.45) is 0. The lowest BCUT2D eigenvalue weighted by atomic mass is 9.74. The zero-order chi connectivity index (χ0) is 14.4. The van der Waals surface area contributed by atoms with E-state index in [-0.39, 0.29) is 5.75 Å². The summed E-state index contributed by atoms with van der Waals surface area (Å²) in [6.45, 7) is 4.15. The highest BCUT2D eigenvalue weighted by Gasteiger charge is 2.48. The summed E-state index contributed by atoms with van der Waals surface area (Å²) in [4.78, 5) is 2.23. The molecule has 6 heteroatoms. The Balaban J connectivity index is 1.66. The lowest BCUT2D eigenvalue weighted by molar-refractivity contribution is 0.121. The van der Waals surface area contributed by atoms with Gasteiger partial charge >= 0.3 is 0 Å². The van der Waals surface area contributed by atoms with Gasteiger partial charge in [-0.3, -0.25) is 0 Å². The molecule has 0 unspecified atom stereocenters. The Morgan fingerprint density at radius 3 is 2.62 bits per heavy atom. The van der Waals surface area contributed by atoms with Gasteiger partial charge in [0.15, 0.2) is 5.82 Å². The highest BCUT2D eigenvalue weighted by atomic mass is 16.3. The molecule has 1 spiro atoms. The number of nitrogens with two attached hydrogens (primary N) is 1. The Kier molecular flexibility index (Phi) is 2.56. The minimum absolute atomic E-state index is 0.200. The molecule has 6 nitrogen and oxygen atoms in total. The predicted octanol–water partition coefficient (Wildman–Crippen LogP) is 0.841. The van der Waals surface area contributed by atoms with Crippen molar-refractivity contribution in [3.8, 4) is 17.0 Å². The Hall–Kier alpha value is -2.34. The van der Waals surface area contributed by atoms with Crippen LogP contribution in [0.1, 0.15) is 0 Å². The molecule has 1 aromatic carbocycles. The molecule has 0 bridgehead atoms. The van der Waals surface area contributed by atoms with Crippen molar-refractivity contribution in [3.63, 3.8) is 0 Å². The first-order valence-corrected chi connectivity index (χ1v) is 7.04. The molecule has 1 aromatic heterocycles. The van der Waals surface area contributed by atoms with Gasteiger partial charge in [-0.2, -0.15) is 0 Å². The number of benzene rings is 1. The summed E-state index contributed by atoms with van der Waals surface area (Å²) < 4.78 is 0. The summed E-state index contributed by atoms with van der Waals surface area (Å²) in [5.74, 6) is 0.641. The molecule has 0 amide bonds. The summed E-state index contributed by atoms with van der Waals surface area (Å²) in [5.41, 5.74) is 8.61. The molecule has 0 saturated carbocycles. The molecule has 2 aromatic rings. The SMILES string of the molecule is Nc1nnc(-c2ccccc2O)cc1N1CC2(CNC2)C1. The zero-order valence-corrected chi connectivity index (χ0v) is 11.6. The Labute approximate surface area is 122 Å². The number of para-hydroxylation sites is 1. The minimum atomic E-state index is 0.200. The molecule has 4 rings (SSSR count). The van der Waals surface area contributed by atoms with Crippen molar-refractivity contribution in [1.29, 1.82) is 0 Å². The number of hydrogen-bond donors (Lipinski definition) is 3. The number of nitrogens with zero attached hydrogens (tertiary/aromatic N) is 3. The molecule has 0 aliphatic carbocycles. The first-order chi connectivity index (χ1) is 10.2. The smallest absolute Gasteiger partial charge is 0.169 e. The number of rotatable bonds is 2. The first kappa shape index (κ1) is 12.4. The van der Waals surface area contributed by atoms with E-state index in [1.54, 1.807) is 12.1 Å². The van der Waals surface area contributed by atoms with Crippen LogP contribution < -0.4 is 16.0 Å².